The van der Waals surface area contributed by atoms with Gasteiger partial charge in [0.1, 0.15) is 16.0 Å². The van der Waals surface area contributed by atoms with Crippen LogP contribution in [0.1, 0.15) is 22.5 Å². The number of carbonyl (C=O) groups excluding carboxylic acids is 1. The molecule has 0 bridgehead atoms. The number of aromatic nitrogens is 4. The molecule has 3 heterocycles. The van der Waals surface area contributed by atoms with Crippen LogP contribution in [0.3, 0.4) is 0 Å². The third-order valence-electron chi connectivity index (χ3n) is 4.24. The second-order valence-corrected chi connectivity index (χ2v) is 8.01. The van der Waals surface area contributed by atoms with Crippen molar-refractivity contribution in [1.29, 1.82) is 0 Å². The van der Waals surface area contributed by atoms with Crippen LogP contribution in [-0.4, -0.2) is 33.0 Å². The fraction of sp³-hybridized carbons (Fsp3) is 0.105. The molecule has 3 aromatic heterocycles. The number of amides is 1. The average molecular weight is 528 g/mol. The number of hydrogen-bond acceptors (Lipinski definition) is 7. The van der Waals surface area contributed by atoms with Gasteiger partial charge in [-0.3, -0.25) is 15.1 Å². The Hall–Kier alpha value is -3.19. The molecule has 4 aromatic rings. The Morgan fingerprint density at radius 3 is 2.56 bits per heavy atom. The molecular weight excluding hydrogens is 518 g/mol. The van der Waals surface area contributed by atoms with Crippen molar-refractivity contribution < 1.29 is 27.1 Å². The summed E-state index contributed by atoms with van der Waals surface area (Å²) in [6.45, 7) is 0. The first-order valence-corrected chi connectivity index (χ1v) is 10.3. The number of anilines is 1. The predicted molar refractivity (Wildman–Crippen MR) is 112 cm³/mol. The number of nitrogens with zero attached hydrogens (tertiary/aromatic N) is 4. The van der Waals surface area contributed by atoms with Gasteiger partial charge in [-0.05, 0) is 34.1 Å². The van der Waals surface area contributed by atoms with E-state index >= 15 is 0 Å². The number of methoxy groups -OCH3 is 1. The third-order valence-corrected chi connectivity index (χ3v) is 5.48. The predicted octanol–water partition coefficient (Wildman–Crippen LogP) is 5.39. The van der Waals surface area contributed by atoms with Gasteiger partial charge in [-0.2, -0.15) is 4.98 Å². The highest BCUT2D eigenvalue weighted by Gasteiger charge is 2.23. The van der Waals surface area contributed by atoms with E-state index in [9.17, 15) is 22.4 Å². The van der Waals surface area contributed by atoms with Crippen LogP contribution in [0.4, 0.5) is 22.7 Å². The maximum atomic E-state index is 14.1. The van der Waals surface area contributed by atoms with Gasteiger partial charge >= 0.3 is 0 Å². The van der Waals surface area contributed by atoms with Crippen LogP contribution >= 0.6 is 27.3 Å². The number of rotatable bonds is 5. The standard InChI is InChI=1S/C19H10BrF4N5O2S/c1-31-13-5-25-12(15(23)24)4-8(13)7-2-10(21)11(22)3-9(7)17(30)29-19-28-16-18(32-19)27-14(20)6-26-16/h2-6,15H,1H3,(H,26,28,29,30). The number of nitrogens with one attached hydrogen (secondary N) is 1. The van der Waals surface area contributed by atoms with Gasteiger partial charge < -0.3 is 4.74 Å². The lowest BCUT2D eigenvalue weighted by molar-refractivity contribution is 0.102. The number of hydrogen-bond donors (Lipinski definition) is 1. The number of fused-ring (bicyclic) bond motifs is 1. The number of alkyl halides is 2. The maximum absolute atomic E-state index is 14.1. The monoisotopic (exact) mass is 527 g/mol. The zero-order chi connectivity index (χ0) is 23.0. The van der Waals surface area contributed by atoms with Crippen molar-refractivity contribution in [3.05, 3.63) is 58.1 Å². The molecule has 164 valence electrons. The molecular formula is C19H10BrF4N5O2S. The average Bonchev–Trinajstić information content (AvgIpc) is 3.15. The molecule has 0 fully saturated rings. The van der Waals surface area contributed by atoms with Gasteiger partial charge in [0.25, 0.3) is 12.3 Å². The summed E-state index contributed by atoms with van der Waals surface area (Å²) in [5.41, 5.74) is -0.891. The van der Waals surface area contributed by atoms with Gasteiger partial charge in [0, 0.05) is 11.1 Å². The largest absolute Gasteiger partial charge is 0.494 e. The molecule has 1 N–H and O–H groups in total. The molecule has 0 unspecified atom stereocenters. The summed E-state index contributed by atoms with van der Waals surface area (Å²) in [5, 5.41) is 2.58. The molecule has 0 saturated heterocycles. The lowest BCUT2D eigenvalue weighted by Crippen LogP contribution is -2.14. The van der Waals surface area contributed by atoms with Crippen LogP contribution in [0.2, 0.25) is 0 Å². The van der Waals surface area contributed by atoms with Crippen LogP contribution in [-0.2, 0) is 0 Å². The molecule has 0 aliphatic rings. The third kappa shape index (κ3) is 4.25. The number of halogens is 5. The van der Waals surface area contributed by atoms with Crippen molar-refractivity contribution in [1.82, 2.24) is 19.9 Å². The summed E-state index contributed by atoms with van der Waals surface area (Å²) in [5.74, 6) is -3.42. The van der Waals surface area contributed by atoms with E-state index in [1.165, 1.54) is 13.3 Å². The maximum Gasteiger partial charge on any atom is 0.280 e. The molecule has 0 spiro atoms. The minimum atomic E-state index is -2.93. The Balaban J connectivity index is 1.80. The smallest absolute Gasteiger partial charge is 0.280 e. The fourth-order valence-electron chi connectivity index (χ4n) is 2.83. The molecule has 13 heteroatoms. The topological polar surface area (TPSA) is 89.9 Å². The lowest BCUT2D eigenvalue weighted by Gasteiger charge is -2.14. The minimum Gasteiger partial charge on any atom is -0.494 e. The summed E-state index contributed by atoms with van der Waals surface area (Å²) < 4.78 is 60.0. The minimum absolute atomic E-state index is 0.00676. The summed E-state index contributed by atoms with van der Waals surface area (Å²) in [4.78, 5) is 29.3. The summed E-state index contributed by atoms with van der Waals surface area (Å²) >= 11 is 4.19. The van der Waals surface area contributed by atoms with E-state index in [0.29, 0.717) is 15.5 Å². The lowest BCUT2D eigenvalue weighted by atomic mass is 9.98. The first-order valence-electron chi connectivity index (χ1n) is 8.68. The van der Waals surface area contributed by atoms with E-state index in [4.69, 9.17) is 4.74 Å². The summed E-state index contributed by atoms with van der Waals surface area (Å²) in [7, 11) is 1.25. The summed E-state index contributed by atoms with van der Waals surface area (Å²) in [6, 6.07) is 2.36. The summed E-state index contributed by atoms with van der Waals surface area (Å²) in [6.07, 6.45) is -0.482. The zero-order valence-electron chi connectivity index (χ0n) is 15.9. The molecule has 32 heavy (non-hydrogen) atoms. The van der Waals surface area contributed by atoms with Gasteiger partial charge in [-0.25, -0.2) is 27.5 Å². The Labute approximate surface area is 189 Å². The van der Waals surface area contributed by atoms with Crippen LogP contribution in [0.25, 0.3) is 21.6 Å². The Kier molecular flexibility index (Phi) is 6.02. The number of carbonyl (C=O) groups is 1. The van der Waals surface area contributed by atoms with Crippen molar-refractivity contribution in [3.63, 3.8) is 0 Å². The van der Waals surface area contributed by atoms with Gasteiger partial charge in [0.05, 0.1) is 25.1 Å². The van der Waals surface area contributed by atoms with E-state index in [1.807, 2.05) is 0 Å². The Morgan fingerprint density at radius 2 is 1.84 bits per heavy atom. The Bertz CT molecular complexity index is 1350. The van der Waals surface area contributed by atoms with E-state index in [1.54, 1.807) is 0 Å². The number of ether oxygens (including phenoxy) is 1. The molecule has 7 nitrogen and oxygen atoms in total. The van der Waals surface area contributed by atoms with Crippen LogP contribution in [0.15, 0.2) is 35.2 Å². The zero-order valence-corrected chi connectivity index (χ0v) is 18.3. The van der Waals surface area contributed by atoms with E-state index in [-0.39, 0.29) is 33.2 Å². The van der Waals surface area contributed by atoms with Crippen LogP contribution in [0.5, 0.6) is 5.75 Å². The van der Waals surface area contributed by atoms with Crippen LogP contribution in [0, 0.1) is 11.6 Å². The number of benzene rings is 1. The van der Waals surface area contributed by atoms with Crippen molar-refractivity contribution in [3.8, 4) is 16.9 Å². The SMILES string of the molecule is COc1cnc(C(F)F)cc1-c1cc(F)c(F)cc1C(=O)Nc1nc2ncc(Br)nc2s1. The van der Waals surface area contributed by atoms with Crippen molar-refractivity contribution in [2.45, 2.75) is 6.43 Å². The number of pyridine rings is 1. The molecule has 0 saturated carbocycles. The fourth-order valence-corrected chi connectivity index (χ4v) is 4.02. The van der Waals surface area contributed by atoms with Crippen molar-refractivity contribution in [2.24, 2.45) is 0 Å². The molecule has 4 rings (SSSR count). The first kappa shape index (κ1) is 22.0. The van der Waals surface area contributed by atoms with Crippen molar-refractivity contribution >= 4 is 48.8 Å². The Morgan fingerprint density at radius 1 is 1.09 bits per heavy atom. The first-order chi connectivity index (χ1) is 15.3. The molecule has 1 amide bonds. The molecule has 0 aliphatic heterocycles. The van der Waals surface area contributed by atoms with Crippen molar-refractivity contribution in [2.75, 3.05) is 12.4 Å². The normalized spacial score (nSPS) is 11.2. The van der Waals surface area contributed by atoms with Crippen LogP contribution < -0.4 is 10.1 Å². The molecule has 0 atom stereocenters. The quantitative estimate of drug-likeness (QED) is 0.350. The highest BCUT2D eigenvalue weighted by molar-refractivity contribution is 9.10. The van der Waals surface area contributed by atoms with Gasteiger partial charge in [0.2, 0.25) is 0 Å². The van der Waals surface area contributed by atoms with Gasteiger partial charge in [-0.15, -0.1) is 0 Å². The number of thiazole rings is 1. The van der Waals surface area contributed by atoms with E-state index < -0.39 is 29.7 Å². The second-order valence-electron chi connectivity index (χ2n) is 6.22. The molecule has 1 aromatic carbocycles. The molecule has 0 aliphatic carbocycles. The van der Waals surface area contributed by atoms with E-state index in [2.05, 4.69) is 41.2 Å². The highest BCUT2D eigenvalue weighted by Crippen LogP contribution is 2.36. The van der Waals surface area contributed by atoms with E-state index in [0.717, 1.165) is 29.7 Å². The highest BCUT2D eigenvalue weighted by atomic mass is 79.9. The second kappa shape index (κ2) is 8.74. The van der Waals surface area contributed by atoms with Gasteiger partial charge in [-0.1, -0.05) is 11.3 Å². The molecule has 0 radical (unpaired) electrons. The van der Waals surface area contributed by atoms with Gasteiger partial charge in [0.15, 0.2) is 27.2 Å².